The number of benzene rings is 2. The Kier molecular flexibility index (Phi) is 5.85. The minimum Gasteiger partial charge on any atom is -0.175 e. The molecule has 0 radical (unpaired) electrons. The lowest BCUT2D eigenvalue weighted by molar-refractivity contribution is 1.24. The summed E-state index contributed by atoms with van der Waals surface area (Å²) in [7, 11) is 0. The summed E-state index contributed by atoms with van der Waals surface area (Å²) in [6.45, 7) is 10.4. The quantitative estimate of drug-likeness (QED) is 0.370. The van der Waals surface area contributed by atoms with Gasteiger partial charge < -0.3 is 0 Å². The molecule has 0 amide bonds. The molecule has 0 spiro atoms. The van der Waals surface area contributed by atoms with Gasteiger partial charge in [-0.05, 0) is 39.8 Å². The number of hydrogen-bond acceptors (Lipinski definition) is 1. The van der Waals surface area contributed by atoms with Crippen LogP contribution in [0, 0.1) is 0 Å². The average molecular weight is 306 g/mol. The van der Waals surface area contributed by atoms with Gasteiger partial charge in [0, 0.05) is 5.75 Å². The molecule has 0 fully saturated rings. The lowest BCUT2D eigenvalue weighted by Gasteiger charge is -2.18. The first-order valence-electron chi connectivity index (χ1n) is 7.52. The van der Waals surface area contributed by atoms with Crippen molar-refractivity contribution in [1.82, 2.24) is 0 Å². The predicted octanol–water partition coefficient (Wildman–Crippen LogP) is 6.14. The van der Waals surface area contributed by atoms with E-state index in [0.29, 0.717) is 5.75 Å². The van der Waals surface area contributed by atoms with Crippen LogP contribution in [0.5, 0.6) is 0 Å². The molecule has 0 aliphatic rings. The SMILES string of the molecule is C=Cc1ccccc1/C(C(=C)CS)=C(\CC)c1ccccc1. The lowest BCUT2D eigenvalue weighted by atomic mass is 9.87. The van der Waals surface area contributed by atoms with Crippen LogP contribution in [0.2, 0.25) is 0 Å². The Bertz CT molecular complexity index is 693. The molecule has 112 valence electrons. The fourth-order valence-corrected chi connectivity index (χ4v) is 2.87. The molecule has 0 aliphatic heterocycles. The Morgan fingerprint density at radius 1 is 1.05 bits per heavy atom. The average Bonchev–Trinajstić information content (AvgIpc) is 2.59. The van der Waals surface area contributed by atoms with Crippen LogP contribution in [-0.4, -0.2) is 5.75 Å². The highest BCUT2D eigenvalue weighted by molar-refractivity contribution is 7.80. The number of hydrogen-bond donors (Lipinski definition) is 1. The van der Waals surface area contributed by atoms with Crippen LogP contribution in [0.25, 0.3) is 17.2 Å². The van der Waals surface area contributed by atoms with Gasteiger partial charge in [-0.25, -0.2) is 0 Å². The summed E-state index contributed by atoms with van der Waals surface area (Å²) < 4.78 is 0. The van der Waals surface area contributed by atoms with Crippen molar-refractivity contribution in [3.63, 3.8) is 0 Å². The second kappa shape index (κ2) is 7.86. The summed E-state index contributed by atoms with van der Waals surface area (Å²) in [5, 5.41) is 0. The van der Waals surface area contributed by atoms with E-state index in [-0.39, 0.29) is 0 Å². The van der Waals surface area contributed by atoms with Crippen molar-refractivity contribution in [3.05, 3.63) is 90.0 Å². The molecule has 2 aromatic carbocycles. The Labute approximate surface area is 139 Å². The molecule has 0 unspecified atom stereocenters. The monoisotopic (exact) mass is 306 g/mol. The molecule has 2 aromatic rings. The minimum atomic E-state index is 0.636. The predicted molar refractivity (Wildman–Crippen MR) is 103 cm³/mol. The van der Waals surface area contributed by atoms with Crippen LogP contribution in [0.4, 0.5) is 0 Å². The zero-order chi connectivity index (χ0) is 15.9. The third-order valence-electron chi connectivity index (χ3n) is 3.77. The molecule has 0 bridgehead atoms. The maximum Gasteiger partial charge on any atom is 0.0154 e. The lowest BCUT2D eigenvalue weighted by Crippen LogP contribution is -1.98. The molecule has 0 aliphatic carbocycles. The highest BCUT2D eigenvalue weighted by Crippen LogP contribution is 2.35. The van der Waals surface area contributed by atoms with Gasteiger partial charge in [0.25, 0.3) is 0 Å². The van der Waals surface area contributed by atoms with Gasteiger partial charge in [0.05, 0.1) is 0 Å². The first kappa shape index (κ1) is 16.4. The van der Waals surface area contributed by atoms with E-state index in [9.17, 15) is 0 Å². The van der Waals surface area contributed by atoms with Crippen molar-refractivity contribution < 1.29 is 0 Å². The van der Waals surface area contributed by atoms with E-state index in [0.717, 1.165) is 17.6 Å². The van der Waals surface area contributed by atoms with Gasteiger partial charge in [-0.2, -0.15) is 12.6 Å². The van der Waals surface area contributed by atoms with Crippen LogP contribution < -0.4 is 0 Å². The van der Waals surface area contributed by atoms with E-state index >= 15 is 0 Å². The summed E-state index contributed by atoms with van der Waals surface area (Å²) in [5.74, 6) is 0.636. The molecular weight excluding hydrogens is 284 g/mol. The van der Waals surface area contributed by atoms with E-state index in [1.807, 2.05) is 18.2 Å². The Balaban J connectivity index is 2.76. The van der Waals surface area contributed by atoms with Crippen LogP contribution in [0.3, 0.4) is 0 Å². The Hall–Kier alpha value is -1.99. The van der Waals surface area contributed by atoms with Gasteiger partial charge in [0.2, 0.25) is 0 Å². The third kappa shape index (κ3) is 3.42. The summed E-state index contributed by atoms with van der Waals surface area (Å²) in [6, 6.07) is 18.8. The van der Waals surface area contributed by atoms with E-state index < -0.39 is 0 Å². The molecule has 0 N–H and O–H groups in total. The molecule has 0 atom stereocenters. The number of rotatable bonds is 6. The van der Waals surface area contributed by atoms with Gasteiger partial charge in [0.1, 0.15) is 0 Å². The zero-order valence-electron chi connectivity index (χ0n) is 13.0. The normalized spacial score (nSPS) is 11.7. The first-order valence-corrected chi connectivity index (χ1v) is 8.15. The minimum absolute atomic E-state index is 0.636. The Morgan fingerprint density at radius 2 is 1.68 bits per heavy atom. The first-order chi connectivity index (χ1) is 10.7. The van der Waals surface area contributed by atoms with E-state index in [1.165, 1.54) is 22.3 Å². The summed E-state index contributed by atoms with van der Waals surface area (Å²) in [4.78, 5) is 0. The molecule has 0 saturated carbocycles. The number of allylic oxidation sites excluding steroid dienone is 2. The topological polar surface area (TPSA) is 0 Å². The summed E-state index contributed by atoms with van der Waals surface area (Å²) in [6.07, 6.45) is 2.84. The number of thiol groups is 1. The van der Waals surface area contributed by atoms with Gasteiger partial charge in [-0.15, -0.1) is 0 Å². The third-order valence-corrected chi connectivity index (χ3v) is 4.15. The smallest absolute Gasteiger partial charge is 0.0154 e. The van der Waals surface area contributed by atoms with E-state index in [4.69, 9.17) is 0 Å². The highest BCUT2D eigenvalue weighted by atomic mass is 32.1. The zero-order valence-corrected chi connectivity index (χ0v) is 13.9. The van der Waals surface area contributed by atoms with Crippen molar-refractivity contribution in [2.24, 2.45) is 0 Å². The fourth-order valence-electron chi connectivity index (χ4n) is 2.71. The van der Waals surface area contributed by atoms with Crippen LogP contribution >= 0.6 is 12.6 Å². The molecule has 22 heavy (non-hydrogen) atoms. The van der Waals surface area contributed by atoms with E-state index in [1.54, 1.807) is 0 Å². The largest absolute Gasteiger partial charge is 0.175 e. The second-order valence-corrected chi connectivity index (χ2v) is 5.44. The van der Waals surface area contributed by atoms with Gasteiger partial charge >= 0.3 is 0 Å². The molecule has 2 rings (SSSR count). The molecular formula is C21H22S. The van der Waals surface area contributed by atoms with Gasteiger partial charge in [0.15, 0.2) is 0 Å². The van der Waals surface area contributed by atoms with Crippen molar-refractivity contribution in [2.45, 2.75) is 13.3 Å². The molecule has 1 heteroatoms. The maximum atomic E-state index is 4.45. The standard InChI is InChI=1S/C21H22S/c1-4-17-11-9-10-14-20(17)21(16(3)15-22)19(5-2)18-12-7-6-8-13-18/h4,6-14,22H,1,3,5,15H2,2H3/b21-19+. The molecule has 0 heterocycles. The van der Waals surface area contributed by atoms with Crippen molar-refractivity contribution in [1.29, 1.82) is 0 Å². The van der Waals surface area contributed by atoms with Crippen LogP contribution in [0.15, 0.2) is 73.3 Å². The second-order valence-electron chi connectivity index (χ2n) is 5.13. The fraction of sp³-hybridized carbons (Fsp3) is 0.143. The van der Waals surface area contributed by atoms with Crippen molar-refractivity contribution >= 4 is 29.9 Å². The maximum absolute atomic E-state index is 4.45. The van der Waals surface area contributed by atoms with Crippen LogP contribution in [-0.2, 0) is 0 Å². The highest BCUT2D eigenvalue weighted by Gasteiger charge is 2.14. The van der Waals surface area contributed by atoms with Crippen molar-refractivity contribution in [3.8, 4) is 0 Å². The van der Waals surface area contributed by atoms with E-state index in [2.05, 4.69) is 75.2 Å². The van der Waals surface area contributed by atoms with Crippen LogP contribution in [0.1, 0.15) is 30.0 Å². The molecule has 0 aromatic heterocycles. The van der Waals surface area contributed by atoms with Gasteiger partial charge in [-0.3, -0.25) is 0 Å². The van der Waals surface area contributed by atoms with Gasteiger partial charge in [-0.1, -0.05) is 80.8 Å². The summed E-state index contributed by atoms with van der Waals surface area (Å²) >= 11 is 4.45. The summed E-state index contributed by atoms with van der Waals surface area (Å²) in [5.41, 5.74) is 7.08. The molecule has 0 nitrogen and oxygen atoms in total. The Morgan fingerprint density at radius 3 is 2.27 bits per heavy atom. The molecule has 0 saturated heterocycles. The van der Waals surface area contributed by atoms with Crippen molar-refractivity contribution in [2.75, 3.05) is 5.75 Å².